The maximum absolute atomic E-state index is 14.0. The molecule has 3 rings (SSSR count). The summed E-state index contributed by atoms with van der Waals surface area (Å²) in [6.45, 7) is 0. The smallest absolute Gasteiger partial charge is 0.335 e. The molecule has 1 aromatic heterocycles. The zero-order chi connectivity index (χ0) is 18.9. The number of nitrogens with zero attached hydrogens (tertiary/aromatic N) is 2. The van der Waals surface area contributed by atoms with Gasteiger partial charge in [0.05, 0.1) is 34.4 Å². The molecule has 10 heteroatoms. The number of aromatic nitrogens is 2. The van der Waals surface area contributed by atoms with Gasteiger partial charge in [-0.2, -0.15) is 5.10 Å². The molecule has 0 saturated heterocycles. The second kappa shape index (κ2) is 6.77. The molecule has 0 unspecified atom stereocenters. The van der Waals surface area contributed by atoms with Crippen molar-refractivity contribution in [2.24, 2.45) is 0 Å². The molecule has 0 amide bonds. The van der Waals surface area contributed by atoms with Crippen LogP contribution in [0.15, 0.2) is 59.8 Å². The van der Waals surface area contributed by atoms with Gasteiger partial charge in [-0.15, -0.1) is 0 Å². The van der Waals surface area contributed by atoms with Gasteiger partial charge in [-0.25, -0.2) is 22.3 Å². The molecule has 0 radical (unpaired) electrons. The Morgan fingerprint density at radius 3 is 2.62 bits per heavy atom. The van der Waals surface area contributed by atoms with Crippen molar-refractivity contribution in [2.45, 2.75) is 4.90 Å². The molecule has 0 atom stereocenters. The molecular formula is C16H11ClFN3O4S. The van der Waals surface area contributed by atoms with Crippen molar-refractivity contribution in [1.29, 1.82) is 0 Å². The highest BCUT2D eigenvalue weighted by molar-refractivity contribution is 7.92. The Balaban J connectivity index is 1.89. The van der Waals surface area contributed by atoms with Crippen LogP contribution in [-0.2, 0) is 10.0 Å². The van der Waals surface area contributed by atoms with Crippen molar-refractivity contribution < 1.29 is 22.7 Å². The summed E-state index contributed by atoms with van der Waals surface area (Å²) in [5, 5.41) is 13.3. The number of rotatable bonds is 5. The quantitative estimate of drug-likeness (QED) is 0.691. The minimum absolute atomic E-state index is 0.0895. The second-order valence-corrected chi connectivity index (χ2v) is 7.24. The molecule has 1 heterocycles. The van der Waals surface area contributed by atoms with Crippen molar-refractivity contribution in [3.8, 4) is 5.69 Å². The Morgan fingerprint density at radius 2 is 1.96 bits per heavy atom. The third-order valence-corrected chi connectivity index (χ3v) is 5.14. The number of para-hydroxylation sites is 1. The fourth-order valence-corrected chi connectivity index (χ4v) is 3.52. The zero-order valence-electron chi connectivity index (χ0n) is 12.9. The maximum Gasteiger partial charge on any atom is 0.335 e. The van der Waals surface area contributed by atoms with Crippen LogP contribution in [0.25, 0.3) is 5.69 Å². The first-order valence-electron chi connectivity index (χ1n) is 7.13. The highest BCUT2D eigenvalue weighted by Crippen LogP contribution is 2.23. The van der Waals surface area contributed by atoms with Crippen LogP contribution in [0, 0.1) is 5.82 Å². The molecule has 0 bridgehead atoms. The van der Waals surface area contributed by atoms with Gasteiger partial charge >= 0.3 is 5.97 Å². The Labute approximate surface area is 152 Å². The molecule has 0 aliphatic carbocycles. The molecule has 2 N–H and O–H groups in total. The molecule has 0 aliphatic rings. The van der Waals surface area contributed by atoms with E-state index >= 15 is 0 Å². The molecule has 0 aliphatic heterocycles. The first-order chi connectivity index (χ1) is 12.3. The number of carboxylic acids is 1. The van der Waals surface area contributed by atoms with Crippen LogP contribution < -0.4 is 4.72 Å². The van der Waals surface area contributed by atoms with Gasteiger partial charge in [0.15, 0.2) is 0 Å². The highest BCUT2D eigenvalue weighted by atomic mass is 35.5. The fraction of sp³-hybridized carbons (Fsp3) is 0. The molecule has 26 heavy (non-hydrogen) atoms. The van der Waals surface area contributed by atoms with Crippen LogP contribution in [0.2, 0.25) is 5.02 Å². The lowest BCUT2D eigenvalue weighted by Gasteiger charge is -2.07. The monoisotopic (exact) mass is 395 g/mol. The third kappa shape index (κ3) is 3.53. The lowest BCUT2D eigenvalue weighted by Crippen LogP contribution is -2.15. The lowest BCUT2D eigenvalue weighted by molar-refractivity contribution is 0.0696. The molecular weight excluding hydrogens is 385 g/mol. The number of carbonyl (C=O) groups is 1. The Kier molecular flexibility index (Phi) is 4.66. The summed E-state index contributed by atoms with van der Waals surface area (Å²) < 4.78 is 42.3. The van der Waals surface area contributed by atoms with Crippen LogP contribution in [0.5, 0.6) is 0 Å². The van der Waals surface area contributed by atoms with Crippen molar-refractivity contribution in [2.75, 3.05) is 4.72 Å². The van der Waals surface area contributed by atoms with E-state index in [1.54, 1.807) is 24.3 Å². The van der Waals surface area contributed by atoms with E-state index < -0.39 is 26.7 Å². The van der Waals surface area contributed by atoms with Crippen LogP contribution in [0.1, 0.15) is 10.4 Å². The zero-order valence-corrected chi connectivity index (χ0v) is 14.5. The molecule has 134 valence electrons. The van der Waals surface area contributed by atoms with Gasteiger partial charge in [-0.1, -0.05) is 23.7 Å². The van der Waals surface area contributed by atoms with E-state index in [1.807, 2.05) is 0 Å². The normalized spacial score (nSPS) is 11.3. The Hall–Kier alpha value is -2.91. The van der Waals surface area contributed by atoms with Gasteiger partial charge in [0.2, 0.25) is 0 Å². The van der Waals surface area contributed by atoms with E-state index in [9.17, 15) is 17.6 Å². The van der Waals surface area contributed by atoms with E-state index in [-0.39, 0.29) is 11.3 Å². The van der Waals surface area contributed by atoms with E-state index in [1.165, 1.54) is 17.1 Å². The van der Waals surface area contributed by atoms with E-state index in [2.05, 4.69) is 9.82 Å². The summed E-state index contributed by atoms with van der Waals surface area (Å²) >= 11 is 6.06. The Morgan fingerprint density at radius 1 is 1.23 bits per heavy atom. The van der Waals surface area contributed by atoms with Gasteiger partial charge in [0, 0.05) is 0 Å². The minimum Gasteiger partial charge on any atom is -0.478 e. The largest absolute Gasteiger partial charge is 0.478 e. The van der Waals surface area contributed by atoms with Crippen LogP contribution in [-0.4, -0.2) is 29.3 Å². The average molecular weight is 396 g/mol. The Bertz CT molecular complexity index is 1100. The number of hydrogen-bond acceptors (Lipinski definition) is 4. The first-order valence-corrected chi connectivity index (χ1v) is 8.99. The summed E-state index contributed by atoms with van der Waals surface area (Å²) in [5.74, 6) is -2.53. The van der Waals surface area contributed by atoms with Crippen LogP contribution >= 0.6 is 11.6 Å². The van der Waals surface area contributed by atoms with E-state index in [0.717, 1.165) is 12.1 Å². The summed E-state index contributed by atoms with van der Waals surface area (Å²) in [4.78, 5) is 10.1. The standard InChI is InChI=1S/C16H11ClFN3O4S/c17-12-3-1-2-4-14(12)21-9-11(8-19-21)20-26(24,25)15-6-5-10(16(22)23)7-13(15)18/h1-9,20H,(H,22,23). The molecule has 0 spiro atoms. The number of anilines is 1. The number of benzene rings is 2. The maximum atomic E-state index is 14.0. The van der Waals surface area contributed by atoms with Crippen molar-refractivity contribution in [3.05, 3.63) is 71.3 Å². The number of nitrogens with one attached hydrogen (secondary N) is 1. The summed E-state index contributed by atoms with van der Waals surface area (Å²) in [5.41, 5.74) is 0.274. The number of aromatic carboxylic acids is 1. The predicted molar refractivity (Wildman–Crippen MR) is 92.7 cm³/mol. The number of sulfonamides is 1. The minimum atomic E-state index is -4.27. The van der Waals surface area contributed by atoms with Crippen LogP contribution in [0.4, 0.5) is 10.1 Å². The van der Waals surface area contributed by atoms with Gasteiger partial charge < -0.3 is 5.11 Å². The van der Waals surface area contributed by atoms with Crippen molar-refractivity contribution >= 4 is 33.3 Å². The molecule has 3 aromatic rings. The van der Waals surface area contributed by atoms with Gasteiger partial charge in [-0.05, 0) is 30.3 Å². The van der Waals surface area contributed by atoms with E-state index in [4.69, 9.17) is 16.7 Å². The van der Waals surface area contributed by atoms with Crippen LogP contribution in [0.3, 0.4) is 0 Å². The van der Waals surface area contributed by atoms with Crippen molar-refractivity contribution in [3.63, 3.8) is 0 Å². The third-order valence-electron chi connectivity index (χ3n) is 3.40. The molecule has 7 nitrogen and oxygen atoms in total. The fourth-order valence-electron chi connectivity index (χ4n) is 2.21. The summed E-state index contributed by atoms with van der Waals surface area (Å²) in [6.07, 6.45) is 2.62. The average Bonchev–Trinajstić information content (AvgIpc) is 3.02. The first kappa shape index (κ1) is 17.9. The molecule has 0 fully saturated rings. The molecule has 0 saturated carbocycles. The number of hydrogen-bond donors (Lipinski definition) is 2. The SMILES string of the molecule is O=C(O)c1ccc(S(=O)(=O)Nc2cnn(-c3ccccc3Cl)c2)c(F)c1. The highest BCUT2D eigenvalue weighted by Gasteiger charge is 2.21. The van der Waals surface area contributed by atoms with E-state index in [0.29, 0.717) is 16.8 Å². The topological polar surface area (TPSA) is 101 Å². The number of halogens is 2. The van der Waals surface area contributed by atoms with Crippen molar-refractivity contribution in [1.82, 2.24) is 9.78 Å². The second-order valence-electron chi connectivity index (χ2n) is 5.18. The summed E-state index contributed by atoms with van der Waals surface area (Å²) in [7, 11) is -4.27. The summed E-state index contributed by atoms with van der Waals surface area (Å²) in [6, 6.07) is 9.37. The lowest BCUT2D eigenvalue weighted by atomic mass is 10.2. The van der Waals surface area contributed by atoms with Gasteiger partial charge in [-0.3, -0.25) is 4.72 Å². The number of carboxylic acid groups (broad SMARTS) is 1. The predicted octanol–water partition coefficient (Wildman–Crippen LogP) is 3.16. The van der Waals surface area contributed by atoms with Gasteiger partial charge in [0.1, 0.15) is 10.7 Å². The molecule has 2 aromatic carbocycles. The van der Waals surface area contributed by atoms with Gasteiger partial charge in [0.25, 0.3) is 10.0 Å².